The fourth-order valence-corrected chi connectivity index (χ4v) is 3.58. The largest absolute Gasteiger partial charge is 0.491 e. The smallest absolute Gasteiger partial charge is 0.416 e. The number of piperazine rings is 1. The SMILES string of the molecule is Cc1ccc(CNC(=O)CN2CCN(C[C@H](O)COc3ccc(C(F)(F)F)cc3)CC2)cc1. The second-order valence-electron chi connectivity index (χ2n) is 8.33. The van der Waals surface area contributed by atoms with Gasteiger partial charge in [0.1, 0.15) is 18.5 Å². The molecule has 0 unspecified atom stereocenters. The van der Waals surface area contributed by atoms with Gasteiger partial charge < -0.3 is 15.2 Å². The third kappa shape index (κ3) is 8.34. The monoisotopic (exact) mass is 465 g/mol. The Labute approximate surface area is 191 Å². The second kappa shape index (κ2) is 11.5. The third-order valence-electron chi connectivity index (χ3n) is 5.54. The third-order valence-corrected chi connectivity index (χ3v) is 5.54. The standard InChI is InChI=1S/C24H30F3N3O3/c1-18-2-4-19(5-3-18)14-28-23(32)16-30-12-10-29(11-13-30)15-21(31)17-33-22-8-6-20(7-9-22)24(25,26)27/h2-9,21,31H,10-17H2,1H3,(H,28,32)/t21-/m0/s1. The van der Waals surface area contributed by atoms with E-state index in [1.165, 1.54) is 17.7 Å². The number of β-amino-alcohol motifs (C(OH)–C–C–N with tert-alkyl or cyclic N) is 1. The van der Waals surface area contributed by atoms with E-state index in [4.69, 9.17) is 4.74 Å². The number of hydrogen-bond donors (Lipinski definition) is 2. The molecule has 1 aliphatic heterocycles. The number of ether oxygens (including phenoxy) is 1. The normalized spacial score (nSPS) is 16.4. The van der Waals surface area contributed by atoms with Crippen LogP contribution in [0, 0.1) is 6.92 Å². The molecule has 0 aliphatic carbocycles. The van der Waals surface area contributed by atoms with Crippen molar-refractivity contribution in [3.05, 3.63) is 65.2 Å². The molecule has 1 heterocycles. The Balaban J connectivity index is 1.31. The summed E-state index contributed by atoms with van der Waals surface area (Å²) in [6, 6.07) is 12.4. The van der Waals surface area contributed by atoms with Crippen LogP contribution in [-0.4, -0.2) is 72.8 Å². The van der Waals surface area contributed by atoms with Crippen molar-refractivity contribution < 1.29 is 27.8 Å². The van der Waals surface area contributed by atoms with Gasteiger partial charge in [0.05, 0.1) is 12.1 Å². The first-order chi connectivity index (χ1) is 15.7. The Hall–Kier alpha value is -2.62. The number of halogens is 3. The van der Waals surface area contributed by atoms with Crippen LogP contribution >= 0.6 is 0 Å². The number of rotatable bonds is 9. The van der Waals surface area contributed by atoms with E-state index in [-0.39, 0.29) is 18.3 Å². The Bertz CT molecular complexity index is 881. The van der Waals surface area contributed by atoms with Crippen LogP contribution in [0.2, 0.25) is 0 Å². The van der Waals surface area contributed by atoms with E-state index >= 15 is 0 Å². The fraction of sp³-hybridized carbons (Fsp3) is 0.458. The minimum atomic E-state index is -4.39. The van der Waals surface area contributed by atoms with Gasteiger partial charge in [0.25, 0.3) is 0 Å². The van der Waals surface area contributed by atoms with Gasteiger partial charge in [-0.05, 0) is 36.8 Å². The Morgan fingerprint density at radius 1 is 1.03 bits per heavy atom. The number of nitrogens with zero attached hydrogens (tertiary/aromatic N) is 2. The summed E-state index contributed by atoms with van der Waals surface area (Å²) < 4.78 is 43.2. The maximum absolute atomic E-state index is 12.6. The molecule has 0 aromatic heterocycles. The van der Waals surface area contributed by atoms with Crippen LogP contribution in [0.1, 0.15) is 16.7 Å². The summed E-state index contributed by atoms with van der Waals surface area (Å²) >= 11 is 0. The van der Waals surface area contributed by atoms with E-state index in [1.54, 1.807) is 0 Å². The summed E-state index contributed by atoms with van der Waals surface area (Å²) in [5.74, 6) is 0.262. The van der Waals surface area contributed by atoms with E-state index in [0.29, 0.717) is 45.8 Å². The van der Waals surface area contributed by atoms with Crippen LogP contribution < -0.4 is 10.1 Å². The quantitative estimate of drug-likeness (QED) is 0.596. The van der Waals surface area contributed by atoms with Crippen LogP contribution in [0.3, 0.4) is 0 Å². The van der Waals surface area contributed by atoms with Crippen molar-refractivity contribution in [1.29, 1.82) is 0 Å². The van der Waals surface area contributed by atoms with Gasteiger partial charge in [0.2, 0.25) is 5.91 Å². The lowest BCUT2D eigenvalue weighted by molar-refractivity contribution is -0.137. The van der Waals surface area contributed by atoms with E-state index in [1.807, 2.05) is 31.2 Å². The molecule has 1 saturated heterocycles. The highest BCUT2D eigenvalue weighted by Gasteiger charge is 2.30. The van der Waals surface area contributed by atoms with Crippen LogP contribution in [-0.2, 0) is 17.5 Å². The molecule has 2 N–H and O–H groups in total. The van der Waals surface area contributed by atoms with Gasteiger partial charge in [-0.3, -0.25) is 14.6 Å². The maximum Gasteiger partial charge on any atom is 0.416 e. The first-order valence-electron chi connectivity index (χ1n) is 10.9. The Kier molecular flexibility index (Phi) is 8.71. The minimum Gasteiger partial charge on any atom is -0.491 e. The van der Waals surface area contributed by atoms with E-state index in [0.717, 1.165) is 17.7 Å². The number of amides is 1. The minimum absolute atomic E-state index is 0.00695. The lowest BCUT2D eigenvalue weighted by atomic mass is 10.1. The molecular weight excluding hydrogens is 435 g/mol. The lowest BCUT2D eigenvalue weighted by Crippen LogP contribution is -2.51. The number of benzene rings is 2. The summed E-state index contributed by atoms with van der Waals surface area (Å²) in [7, 11) is 0. The number of nitrogens with one attached hydrogen (secondary N) is 1. The molecule has 0 saturated carbocycles. The summed E-state index contributed by atoms with van der Waals surface area (Å²) in [4.78, 5) is 16.4. The molecule has 0 bridgehead atoms. The lowest BCUT2D eigenvalue weighted by Gasteiger charge is -2.35. The average Bonchev–Trinajstić information content (AvgIpc) is 2.78. The Morgan fingerprint density at radius 2 is 1.64 bits per heavy atom. The Morgan fingerprint density at radius 3 is 2.24 bits per heavy atom. The van der Waals surface area contributed by atoms with Gasteiger partial charge >= 0.3 is 6.18 Å². The molecule has 180 valence electrons. The van der Waals surface area contributed by atoms with Gasteiger partial charge in [-0.1, -0.05) is 29.8 Å². The van der Waals surface area contributed by atoms with E-state index < -0.39 is 17.8 Å². The van der Waals surface area contributed by atoms with Crippen LogP contribution in [0.5, 0.6) is 5.75 Å². The van der Waals surface area contributed by atoms with Crippen molar-refractivity contribution in [1.82, 2.24) is 15.1 Å². The fourth-order valence-electron chi connectivity index (χ4n) is 3.58. The average molecular weight is 466 g/mol. The van der Waals surface area contributed by atoms with Crippen molar-refractivity contribution in [3.8, 4) is 5.75 Å². The van der Waals surface area contributed by atoms with Gasteiger partial charge in [-0.2, -0.15) is 13.2 Å². The molecule has 2 aromatic rings. The molecule has 2 aromatic carbocycles. The number of alkyl halides is 3. The number of aliphatic hydroxyl groups excluding tert-OH is 1. The predicted octanol–water partition coefficient (Wildman–Crippen LogP) is 2.69. The molecule has 9 heteroatoms. The zero-order chi connectivity index (χ0) is 23.8. The van der Waals surface area contributed by atoms with Gasteiger partial charge in [0.15, 0.2) is 0 Å². The van der Waals surface area contributed by atoms with Crippen LogP contribution in [0.15, 0.2) is 48.5 Å². The van der Waals surface area contributed by atoms with Crippen molar-refractivity contribution in [2.45, 2.75) is 25.7 Å². The zero-order valence-corrected chi connectivity index (χ0v) is 18.6. The molecule has 1 amide bonds. The summed E-state index contributed by atoms with van der Waals surface area (Å²) in [6.45, 7) is 6.10. The molecule has 1 fully saturated rings. The number of carbonyl (C=O) groups excluding carboxylic acids is 1. The highest BCUT2D eigenvalue weighted by atomic mass is 19.4. The summed E-state index contributed by atoms with van der Waals surface area (Å²) in [5, 5.41) is 13.2. The number of aryl methyl sites for hydroxylation is 1. The molecule has 1 atom stereocenters. The number of hydrogen-bond acceptors (Lipinski definition) is 5. The summed E-state index contributed by atoms with van der Waals surface area (Å²) in [6.07, 6.45) is -5.15. The highest BCUT2D eigenvalue weighted by molar-refractivity contribution is 5.78. The van der Waals surface area contributed by atoms with Gasteiger partial charge in [-0.15, -0.1) is 0 Å². The zero-order valence-electron chi connectivity index (χ0n) is 18.6. The summed E-state index contributed by atoms with van der Waals surface area (Å²) in [5.41, 5.74) is 1.50. The molecule has 0 spiro atoms. The molecular formula is C24H30F3N3O3. The first-order valence-corrected chi connectivity index (χ1v) is 10.9. The number of aliphatic hydroxyl groups is 1. The van der Waals surface area contributed by atoms with E-state index in [2.05, 4.69) is 15.1 Å². The number of carbonyl (C=O) groups is 1. The van der Waals surface area contributed by atoms with Gasteiger partial charge in [0, 0.05) is 39.3 Å². The topological polar surface area (TPSA) is 65.0 Å². The molecule has 6 nitrogen and oxygen atoms in total. The van der Waals surface area contributed by atoms with Gasteiger partial charge in [-0.25, -0.2) is 0 Å². The van der Waals surface area contributed by atoms with E-state index in [9.17, 15) is 23.1 Å². The first kappa shape index (κ1) is 25.0. The van der Waals surface area contributed by atoms with Crippen molar-refractivity contribution in [2.75, 3.05) is 45.9 Å². The highest BCUT2D eigenvalue weighted by Crippen LogP contribution is 2.30. The maximum atomic E-state index is 12.6. The molecule has 3 rings (SSSR count). The van der Waals surface area contributed by atoms with Crippen LogP contribution in [0.4, 0.5) is 13.2 Å². The molecule has 1 aliphatic rings. The second-order valence-corrected chi connectivity index (χ2v) is 8.33. The van der Waals surface area contributed by atoms with Crippen molar-refractivity contribution in [2.24, 2.45) is 0 Å². The van der Waals surface area contributed by atoms with Crippen LogP contribution in [0.25, 0.3) is 0 Å². The van der Waals surface area contributed by atoms with Crippen molar-refractivity contribution >= 4 is 5.91 Å². The predicted molar refractivity (Wildman–Crippen MR) is 119 cm³/mol. The van der Waals surface area contributed by atoms with Crippen molar-refractivity contribution in [3.63, 3.8) is 0 Å². The molecule has 33 heavy (non-hydrogen) atoms. The molecule has 0 radical (unpaired) electrons.